The Labute approximate surface area is 128 Å². The van der Waals surface area contributed by atoms with Crippen molar-refractivity contribution in [3.63, 3.8) is 0 Å². The number of rotatable bonds is 8. The average molecular weight is 283 g/mol. The van der Waals surface area contributed by atoms with Gasteiger partial charge in [-0.1, -0.05) is 54.6 Å². The summed E-state index contributed by atoms with van der Waals surface area (Å²) in [6, 6.07) is 19.8. The van der Waals surface area contributed by atoms with Crippen molar-refractivity contribution >= 4 is 0 Å². The van der Waals surface area contributed by atoms with Crippen LogP contribution < -0.4 is 5.32 Å². The van der Waals surface area contributed by atoms with Crippen LogP contribution in [0.3, 0.4) is 0 Å². The zero-order valence-corrected chi connectivity index (χ0v) is 13.0. The van der Waals surface area contributed by atoms with Crippen LogP contribution in [-0.4, -0.2) is 13.2 Å². The number of hydrogen-bond donors (Lipinski definition) is 1. The van der Waals surface area contributed by atoms with Gasteiger partial charge in [0.2, 0.25) is 0 Å². The summed E-state index contributed by atoms with van der Waals surface area (Å²) in [6.45, 7) is 3.84. The molecule has 1 N–H and O–H groups in total. The monoisotopic (exact) mass is 283 g/mol. The second-order valence-corrected chi connectivity index (χ2v) is 5.56. The van der Waals surface area contributed by atoms with Gasteiger partial charge in [0.05, 0.1) is 6.61 Å². The van der Waals surface area contributed by atoms with Gasteiger partial charge in [0.1, 0.15) is 0 Å². The second-order valence-electron chi connectivity index (χ2n) is 5.56. The Morgan fingerprint density at radius 3 is 2.43 bits per heavy atom. The molecule has 1 unspecified atom stereocenters. The molecule has 0 bridgehead atoms. The van der Waals surface area contributed by atoms with Crippen LogP contribution in [0.4, 0.5) is 0 Å². The molecule has 2 heteroatoms. The predicted octanol–water partition coefficient (Wildman–Crippen LogP) is 3.94. The fraction of sp³-hybridized carbons (Fsp3) is 0.368. The van der Waals surface area contributed by atoms with Gasteiger partial charge in [-0.2, -0.15) is 0 Å². The molecular formula is C19H25NO. The van der Waals surface area contributed by atoms with Crippen molar-refractivity contribution in [1.29, 1.82) is 0 Å². The lowest BCUT2D eigenvalue weighted by atomic mass is 10.1. The number of benzene rings is 2. The molecular weight excluding hydrogens is 258 g/mol. The lowest BCUT2D eigenvalue weighted by Gasteiger charge is -2.14. The van der Waals surface area contributed by atoms with Crippen LogP contribution in [0.5, 0.6) is 0 Å². The Bertz CT molecular complexity index is 524. The van der Waals surface area contributed by atoms with Gasteiger partial charge in [0, 0.05) is 19.7 Å². The van der Waals surface area contributed by atoms with Crippen LogP contribution in [0.1, 0.15) is 30.0 Å². The molecule has 2 rings (SSSR count). The molecule has 0 aliphatic carbocycles. The minimum atomic E-state index is 0.510. The van der Waals surface area contributed by atoms with E-state index in [1.165, 1.54) is 16.7 Å². The van der Waals surface area contributed by atoms with Gasteiger partial charge in [0.15, 0.2) is 0 Å². The fourth-order valence-corrected chi connectivity index (χ4v) is 2.42. The number of hydrogen-bond acceptors (Lipinski definition) is 2. The van der Waals surface area contributed by atoms with Gasteiger partial charge in [0.25, 0.3) is 0 Å². The minimum Gasteiger partial charge on any atom is -0.380 e. The van der Waals surface area contributed by atoms with Crippen molar-refractivity contribution in [3.8, 4) is 0 Å². The van der Waals surface area contributed by atoms with Crippen LogP contribution in [0.15, 0.2) is 54.6 Å². The maximum atomic E-state index is 5.18. The fourth-order valence-electron chi connectivity index (χ4n) is 2.42. The summed E-state index contributed by atoms with van der Waals surface area (Å²) in [4.78, 5) is 0. The van der Waals surface area contributed by atoms with E-state index < -0.39 is 0 Å². The van der Waals surface area contributed by atoms with Crippen LogP contribution in [0.25, 0.3) is 0 Å². The van der Waals surface area contributed by atoms with E-state index in [0.29, 0.717) is 12.6 Å². The Kier molecular flexibility index (Phi) is 6.45. The molecule has 21 heavy (non-hydrogen) atoms. The van der Waals surface area contributed by atoms with Crippen molar-refractivity contribution < 1.29 is 4.74 Å². The first-order chi connectivity index (χ1) is 10.3. The van der Waals surface area contributed by atoms with Crippen molar-refractivity contribution in [2.75, 3.05) is 7.11 Å². The summed E-state index contributed by atoms with van der Waals surface area (Å²) < 4.78 is 5.18. The smallest absolute Gasteiger partial charge is 0.0713 e. The topological polar surface area (TPSA) is 21.3 Å². The normalized spacial score (nSPS) is 12.3. The Hall–Kier alpha value is -1.64. The van der Waals surface area contributed by atoms with Crippen LogP contribution in [0.2, 0.25) is 0 Å². The summed E-state index contributed by atoms with van der Waals surface area (Å²) in [7, 11) is 1.73. The number of nitrogens with one attached hydrogen (secondary N) is 1. The maximum absolute atomic E-state index is 5.18. The molecule has 0 saturated heterocycles. The minimum absolute atomic E-state index is 0.510. The lowest BCUT2D eigenvalue weighted by molar-refractivity contribution is 0.185. The van der Waals surface area contributed by atoms with Gasteiger partial charge in [-0.15, -0.1) is 0 Å². The molecule has 2 aromatic rings. The van der Waals surface area contributed by atoms with Crippen molar-refractivity contribution in [3.05, 3.63) is 71.3 Å². The highest BCUT2D eigenvalue weighted by molar-refractivity contribution is 5.23. The number of ether oxygens (including phenoxy) is 1. The standard InChI is InChI=1S/C19H25NO/c1-16(11-12-17-7-4-3-5-8-17)20-14-18-9-6-10-19(13-18)15-21-2/h3-10,13,16,20H,11-12,14-15H2,1-2H3. The molecule has 1 atom stereocenters. The summed E-state index contributed by atoms with van der Waals surface area (Å²) in [6.07, 6.45) is 2.28. The van der Waals surface area contributed by atoms with E-state index in [-0.39, 0.29) is 0 Å². The van der Waals surface area contributed by atoms with E-state index >= 15 is 0 Å². The third-order valence-electron chi connectivity index (χ3n) is 3.67. The largest absolute Gasteiger partial charge is 0.380 e. The Balaban J connectivity index is 1.75. The van der Waals surface area contributed by atoms with E-state index in [4.69, 9.17) is 4.74 Å². The van der Waals surface area contributed by atoms with Gasteiger partial charge in [-0.25, -0.2) is 0 Å². The van der Waals surface area contributed by atoms with E-state index in [0.717, 1.165) is 19.4 Å². The zero-order valence-electron chi connectivity index (χ0n) is 13.0. The molecule has 0 amide bonds. The third-order valence-corrected chi connectivity index (χ3v) is 3.67. The van der Waals surface area contributed by atoms with Crippen molar-refractivity contribution in [2.24, 2.45) is 0 Å². The van der Waals surface area contributed by atoms with Crippen molar-refractivity contribution in [1.82, 2.24) is 5.32 Å². The van der Waals surface area contributed by atoms with E-state index in [2.05, 4.69) is 66.8 Å². The van der Waals surface area contributed by atoms with Crippen LogP contribution >= 0.6 is 0 Å². The third kappa shape index (κ3) is 5.70. The molecule has 112 valence electrons. The van der Waals surface area contributed by atoms with Gasteiger partial charge in [-0.05, 0) is 36.5 Å². The summed E-state index contributed by atoms with van der Waals surface area (Å²) in [5.41, 5.74) is 3.96. The molecule has 0 fully saturated rings. The maximum Gasteiger partial charge on any atom is 0.0713 e. The highest BCUT2D eigenvalue weighted by Gasteiger charge is 2.03. The average Bonchev–Trinajstić information content (AvgIpc) is 2.53. The Morgan fingerprint density at radius 1 is 0.952 bits per heavy atom. The zero-order chi connectivity index (χ0) is 14.9. The quantitative estimate of drug-likeness (QED) is 0.792. The van der Waals surface area contributed by atoms with E-state index in [1.54, 1.807) is 7.11 Å². The van der Waals surface area contributed by atoms with Gasteiger partial charge in [-0.3, -0.25) is 0 Å². The molecule has 2 aromatic carbocycles. The number of methoxy groups -OCH3 is 1. The second kappa shape index (κ2) is 8.60. The molecule has 2 nitrogen and oxygen atoms in total. The molecule has 0 saturated carbocycles. The molecule has 0 aliphatic heterocycles. The molecule has 0 radical (unpaired) electrons. The van der Waals surface area contributed by atoms with E-state index in [1.807, 2.05) is 0 Å². The molecule has 0 aromatic heterocycles. The first-order valence-corrected chi connectivity index (χ1v) is 7.62. The number of aryl methyl sites for hydroxylation is 1. The predicted molar refractivity (Wildman–Crippen MR) is 88.2 cm³/mol. The van der Waals surface area contributed by atoms with Gasteiger partial charge >= 0.3 is 0 Å². The molecule has 0 heterocycles. The summed E-state index contributed by atoms with van der Waals surface area (Å²) in [5, 5.41) is 3.60. The van der Waals surface area contributed by atoms with Crippen LogP contribution in [-0.2, 0) is 24.3 Å². The molecule has 0 aliphatic rings. The van der Waals surface area contributed by atoms with E-state index in [9.17, 15) is 0 Å². The summed E-state index contributed by atoms with van der Waals surface area (Å²) >= 11 is 0. The SMILES string of the molecule is COCc1cccc(CNC(C)CCc2ccccc2)c1. The first-order valence-electron chi connectivity index (χ1n) is 7.62. The van der Waals surface area contributed by atoms with Gasteiger partial charge < -0.3 is 10.1 Å². The summed E-state index contributed by atoms with van der Waals surface area (Å²) in [5.74, 6) is 0. The lowest BCUT2D eigenvalue weighted by Crippen LogP contribution is -2.26. The van der Waals surface area contributed by atoms with Crippen LogP contribution in [0, 0.1) is 0 Å². The Morgan fingerprint density at radius 2 is 1.67 bits per heavy atom. The van der Waals surface area contributed by atoms with Crippen molar-refractivity contribution in [2.45, 2.75) is 39.0 Å². The highest BCUT2D eigenvalue weighted by atomic mass is 16.5. The molecule has 0 spiro atoms. The highest BCUT2D eigenvalue weighted by Crippen LogP contribution is 2.08. The first kappa shape index (κ1) is 15.7.